The van der Waals surface area contributed by atoms with Crippen LogP contribution in [0, 0.1) is 0 Å². The van der Waals surface area contributed by atoms with Crippen LogP contribution in [0.2, 0.25) is 0 Å². The molecule has 1 aromatic heterocycles. The number of nitrogens with one attached hydrogen (secondary N) is 1. The summed E-state index contributed by atoms with van der Waals surface area (Å²) in [6.07, 6.45) is 7.02. The highest BCUT2D eigenvalue weighted by Gasteiger charge is 2.17. The van der Waals surface area contributed by atoms with Crippen molar-refractivity contribution in [3.8, 4) is 5.88 Å². The minimum Gasteiger partial charge on any atom is -0.493 e. The lowest BCUT2D eigenvalue weighted by atomic mass is 10.00. The molecule has 1 aliphatic rings. The van der Waals surface area contributed by atoms with E-state index in [-0.39, 0.29) is 11.4 Å². The summed E-state index contributed by atoms with van der Waals surface area (Å²) in [5.41, 5.74) is -0.262. The lowest BCUT2D eigenvalue weighted by Gasteiger charge is -2.12. The zero-order valence-corrected chi connectivity index (χ0v) is 8.70. The Morgan fingerprint density at radius 3 is 2.53 bits per heavy atom. The molecular weight excluding hydrogens is 192 g/mol. The van der Waals surface area contributed by atoms with Gasteiger partial charge in [0, 0.05) is 5.92 Å². The number of aromatic amines is 1. The standard InChI is InChI=1S/C11H16N2O2/c14-9-7-10(15)13-11(12-9)8-5-3-1-2-4-6-8/h7-8H,1-6H2,(H2,12,13,14,15). The molecule has 0 spiro atoms. The molecule has 0 aromatic carbocycles. The second kappa shape index (κ2) is 4.47. The Bertz CT molecular complexity index is 378. The lowest BCUT2D eigenvalue weighted by molar-refractivity contribution is 0.440. The zero-order chi connectivity index (χ0) is 10.7. The lowest BCUT2D eigenvalue weighted by Crippen LogP contribution is -2.13. The van der Waals surface area contributed by atoms with Crippen molar-refractivity contribution in [1.29, 1.82) is 0 Å². The van der Waals surface area contributed by atoms with Gasteiger partial charge in [0.1, 0.15) is 5.82 Å². The Kier molecular flexibility index (Phi) is 3.04. The number of hydrogen-bond donors (Lipinski definition) is 2. The second-order valence-corrected chi connectivity index (χ2v) is 4.18. The summed E-state index contributed by atoms with van der Waals surface area (Å²) in [6, 6.07) is 1.11. The fraction of sp³-hybridized carbons (Fsp3) is 0.636. The van der Waals surface area contributed by atoms with Crippen LogP contribution in [0.3, 0.4) is 0 Å². The second-order valence-electron chi connectivity index (χ2n) is 4.18. The molecule has 1 aromatic rings. The van der Waals surface area contributed by atoms with Crippen molar-refractivity contribution in [2.75, 3.05) is 0 Å². The van der Waals surface area contributed by atoms with Crippen LogP contribution >= 0.6 is 0 Å². The summed E-state index contributed by atoms with van der Waals surface area (Å²) in [5.74, 6) is 0.798. The molecule has 1 fully saturated rings. The van der Waals surface area contributed by atoms with E-state index >= 15 is 0 Å². The van der Waals surface area contributed by atoms with Crippen molar-refractivity contribution >= 4 is 0 Å². The van der Waals surface area contributed by atoms with E-state index in [1.54, 1.807) is 0 Å². The molecule has 82 valence electrons. The minimum absolute atomic E-state index is 0.169. The summed E-state index contributed by atoms with van der Waals surface area (Å²) in [7, 11) is 0. The maximum atomic E-state index is 11.2. The van der Waals surface area contributed by atoms with Crippen molar-refractivity contribution in [2.45, 2.75) is 44.4 Å². The highest BCUT2D eigenvalue weighted by molar-refractivity contribution is 5.09. The number of rotatable bonds is 1. The molecule has 0 radical (unpaired) electrons. The van der Waals surface area contributed by atoms with E-state index in [0.29, 0.717) is 11.7 Å². The summed E-state index contributed by atoms with van der Waals surface area (Å²) < 4.78 is 0. The molecular formula is C11H16N2O2. The van der Waals surface area contributed by atoms with Crippen LogP contribution < -0.4 is 5.56 Å². The SMILES string of the molecule is O=c1cc(O)nc(C2CCCCCC2)[nH]1. The van der Waals surface area contributed by atoms with E-state index < -0.39 is 0 Å². The normalized spacial score (nSPS) is 18.7. The molecule has 0 aliphatic heterocycles. The fourth-order valence-corrected chi connectivity index (χ4v) is 2.21. The molecule has 1 heterocycles. The molecule has 4 nitrogen and oxygen atoms in total. The molecule has 2 N–H and O–H groups in total. The first-order chi connectivity index (χ1) is 7.25. The van der Waals surface area contributed by atoms with Crippen LogP contribution in [-0.2, 0) is 0 Å². The van der Waals surface area contributed by atoms with Crippen molar-refractivity contribution in [3.63, 3.8) is 0 Å². The minimum atomic E-state index is -0.262. The third kappa shape index (κ3) is 2.58. The third-order valence-electron chi connectivity index (χ3n) is 2.99. The van der Waals surface area contributed by atoms with Crippen molar-refractivity contribution < 1.29 is 5.11 Å². The maximum Gasteiger partial charge on any atom is 0.254 e. The molecule has 0 bridgehead atoms. The van der Waals surface area contributed by atoms with Crippen LogP contribution in [0.15, 0.2) is 10.9 Å². The first kappa shape index (κ1) is 10.2. The van der Waals surface area contributed by atoms with Gasteiger partial charge in [-0.2, -0.15) is 0 Å². The third-order valence-corrected chi connectivity index (χ3v) is 2.99. The number of nitrogens with zero attached hydrogens (tertiary/aromatic N) is 1. The Morgan fingerprint density at radius 1 is 1.27 bits per heavy atom. The van der Waals surface area contributed by atoms with E-state index in [2.05, 4.69) is 9.97 Å². The van der Waals surface area contributed by atoms with Gasteiger partial charge in [0.25, 0.3) is 5.56 Å². The first-order valence-corrected chi connectivity index (χ1v) is 5.56. The molecule has 15 heavy (non-hydrogen) atoms. The van der Waals surface area contributed by atoms with E-state index in [9.17, 15) is 9.90 Å². The first-order valence-electron chi connectivity index (χ1n) is 5.56. The Labute approximate surface area is 88.4 Å². The smallest absolute Gasteiger partial charge is 0.254 e. The highest BCUT2D eigenvalue weighted by Crippen LogP contribution is 2.29. The molecule has 0 amide bonds. The number of hydrogen-bond acceptors (Lipinski definition) is 3. The van der Waals surface area contributed by atoms with Gasteiger partial charge >= 0.3 is 0 Å². The van der Waals surface area contributed by atoms with Gasteiger partial charge in [-0.1, -0.05) is 25.7 Å². The Morgan fingerprint density at radius 2 is 1.93 bits per heavy atom. The quantitative estimate of drug-likeness (QED) is 0.693. The van der Waals surface area contributed by atoms with Gasteiger partial charge in [0.15, 0.2) is 0 Å². The number of aromatic hydroxyl groups is 1. The zero-order valence-electron chi connectivity index (χ0n) is 8.70. The average molecular weight is 208 g/mol. The van der Waals surface area contributed by atoms with Crippen LogP contribution in [-0.4, -0.2) is 15.1 Å². The molecule has 4 heteroatoms. The number of aromatic nitrogens is 2. The van der Waals surface area contributed by atoms with Crippen molar-refractivity contribution in [2.24, 2.45) is 0 Å². The van der Waals surface area contributed by atoms with Crippen molar-refractivity contribution in [1.82, 2.24) is 9.97 Å². The summed E-state index contributed by atoms with van der Waals surface area (Å²) in [6.45, 7) is 0. The van der Waals surface area contributed by atoms with Gasteiger partial charge in [-0.3, -0.25) is 4.79 Å². The molecule has 1 saturated carbocycles. The van der Waals surface area contributed by atoms with E-state index in [4.69, 9.17) is 0 Å². The molecule has 1 aliphatic carbocycles. The van der Waals surface area contributed by atoms with E-state index in [1.807, 2.05) is 0 Å². The van der Waals surface area contributed by atoms with Crippen LogP contribution in [0.25, 0.3) is 0 Å². The molecule has 0 unspecified atom stereocenters. The fourth-order valence-electron chi connectivity index (χ4n) is 2.21. The predicted octanol–water partition coefficient (Wildman–Crippen LogP) is 1.91. The molecule has 2 rings (SSSR count). The average Bonchev–Trinajstić information content (AvgIpc) is 2.43. The van der Waals surface area contributed by atoms with Gasteiger partial charge in [0.2, 0.25) is 5.88 Å². The van der Waals surface area contributed by atoms with E-state index in [1.165, 1.54) is 25.7 Å². The Hall–Kier alpha value is -1.32. The summed E-state index contributed by atoms with van der Waals surface area (Å²) >= 11 is 0. The molecule has 0 saturated heterocycles. The predicted molar refractivity (Wildman–Crippen MR) is 57.0 cm³/mol. The maximum absolute atomic E-state index is 11.2. The largest absolute Gasteiger partial charge is 0.493 e. The molecule has 0 atom stereocenters. The summed E-state index contributed by atoms with van der Waals surface area (Å²) in [5, 5.41) is 9.26. The van der Waals surface area contributed by atoms with Gasteiger partial charge in [-0.25, -0.2) is 4.98 Å². The highest BCUT2D eigenvalue weighted by atomic mass is 16.3. The van der Waals surface area contributed by atoms with Gasteiger partial charge in [-0.05, 0) is 12.8 Å². The van der Waals surface area contributed by atoms with Gasteiger partial charge in [-0.15, -0.1) is 0 Å². The van der Waals surface area contributed by atoms with Crippen molar-refractivity contribution in [3.05, 3.63) is 22.2 Å². The van der Waals surface area contributed by atoms with Crippen LogP contribution in [0.5, 0.6) is 5.88 Å². The van der Waals surface area contributed by atoms with Crippen LogP contribution in [0.4, 0.5) is 0 Å². The summed E-state index contributed by atoms with van der Waals surface area (Å²) in [4.78, 5) is 17.9. The van der Waals surface area contributed by atoms with Gasteiger partial charge in [0.05, 0.1) is 6.07 Å². The number of H-pyrrole nitrogens is 1. The van der Waals surface area contributed by atoms with E-state index in [0.717, 1.165) is 18.9 Å². The Balaban J connectivity index is 2.23. The van der Waals surface area contributed by atoms with Gasteiger partial charge < -0.3 is 10.1 Å². The monoisotopic (exact) mass is 208 g/mol. The van der Waals surface area contributed by atoms with Crippen LogP contribution in [0.1, 0.15) is 50.3 Å². The topological polar surface area (TPSA) is 66.0 Å².